The van der Waals surface area contributed by atoms with Gasteiger partial charge >= 0.3 is 0 Å². The standard InChI is InChI=1S/C18H24N4O2/c1-12-15(9-14-13(2)20-21(3)16(14)19-12)17(23)22-7-8-24-11-18(10-22)5-4-6-18/h9H,4-8,10-11H2,1-3H3. The lowest BCUT2D eigenvalue weighted by molar-refractivity contribution is 0.0104. The van der Waals surface area contributed by atoms with Crippen LogP contribution in [0.5, 0.6) is 0 Å². The van der Waals surface area contributed by atoms with E-state index in [1.807, 2.05) is 31.9 Å². The minimum absolute atomic E-state index is 0.0712. The third-order valence-corrected chi connectivity index (χ3v) is 5.56. The zero-order chi connectivity index (χ0) is 16.9. The Morgan fingerprint density at radius 1 is 1.29 bits per heavy atom. The van der Waals surface area contributed by atoms with Crippen LogP contribution in [0.2, 0.25) is 0 Å². The lowest BCUT2D eigenvalue weighted by Gasteiger charge is -2.42. The normalized spacial score (nSPS) is 20.2. The van der Waals surface area contributed by atoms with Crippen LogP contribution in [0.15, 0.2) is 6.07 Å². The van der Waals surface area contributed by atoms with E-state index in [-0.39, 0.29) is 11.3 Å². The van der Waals surface area contributed by atoms with Crippen molar-refractivity contribution in [2.24, 2.45) is 12.5 Å². The number of hydrogen-bond donors (Lipinski definition) is 0. The zero-order valence-corrected chi connectivity index (χ0v) is 14.6. The maximum atomic E-state index is 13.2. The fraction of sp³-hybridized carbons (Fsp3) is 0.611. The molecule has 1 spiro atoms. The molecule has 128 valence electrons. The molecular weight excluding hydrogens is 304 g/mol. The van der Waals surface area contributed by atoms with Crippen molar-refractivity contribution in [1.82, 2.24) is 19.7 Å². The highest BCUT2D eigenvalue weighted by molar-refractivity contribution is 5.98. The number of carbonyl (C=O) groups excluding carboxylic acids is 1. The van der Waals surface area contributed by atoms with Gasteiger partial charge in [0.25, 0.3) is 5.91 Å². The van der Waals surface area contributed by atoms with E-state index in [9.17, 15) is 4.79 Å². The van der Waals surface area contributed by atoms with Gasteiger partial charge in [-0.15, -0.1) is 0 Å². The van der Waals surface area contributed by atoms with Gasteiger partial charge in [-0.25, -0.2) is 4.98 Å². The number of hydrogen-bond acceptors (Lipinski definition) is 4. The highest BCUT2D eigenvalue weighted by Gasteiger charge is 2.41. The average Bonchev–Trinajstić information content (AvgIpc) is 2.71. The summed E-state index contributed by atoms with van der Waals surface area (Å²) in [5.74, 6) is 0.0712. The Balaban J connectivity index is 1.69. The highest BCUT2D eigenvalue weighted by Crippen LogP contribution is 2.43. The number of aryl methyl sites for hydroxylation is 3. The molecule has 0 atom stereocenters. The average molecular weight is 328 g/mol. The lowest BCUT2D eigenvalue weighted by atomic mass is 9.69. The van der Waals surface area contributed by atoms with Gasteiger partial charge in [-0.1, -0.05) is 6.42 Å². The predicted molar refractivity (Wildman–Crippen MR) is 91.0 cm³/mol. The summed E-state index contributed by atoms with van der Waals surface area (Å²) in [7, 11) is 1.88. The molecule has 2 fully saturated rings. The van der Waals surface area contributed by atoms with Crippen molar-refractivity contribution < 1.29 is 9.53 Å². The Hall–Kier alpha value is -1.95. The summed E-state index contributed by atoms with van der Waals surface area (Å²) in [6.45, 7) is 6.72. The van der Waals surface area contributed by atoms with E-state index in [1.165, 1.54) is 6.42 Å². The molecule has 0 radical (unpaired) electrons. The SMILES string of the molecule is Cc1nc2c(cc1C(=O)N1CCOCC3(CCC3)C1)c(C)nn2C. The minimum atomic E-state index is 0.0712. The Morgan fingerprint density at radius 2 is 2.08 bits per heavy atom. The summed E-state index contributed by atoms with van der Waals surface area (Å²) < 4.78 is 7.54. The monoisotopic (exact) mass is 328 g/mol. The lowest BCUT2D eigenvalue weighted by Crippen LogP contribution is -2.45. The van der Waals surface area contributed by atoms with Crippen molar-refractivity contribution in [3.05, 3.63) is 23.0 Å². The number of ether oxygens (including phenoxy) is 1. The Bertz CT molecular complexity index is 807. The van der Waals surface area contributed by atoms with Gasteiger partial charge in [0.2, 0.25) is 0 Å². The van der Waals surface area contributed by atoms with Crippen LogP contribution >= 0.6 is 0 Å². The van der Waals surface area contributed by atoms with Crippen molar-refractivity contribution in [3.63, 3.8) is 0 Å². The fourth-order valence-corrected chi connectivity index (χ4v) is 3.96. The molecular formula is C18H24N4O2. The summed E-state index contributed by atoms with van der Waals surface area (Å²) in [6, 6.07) is 1.96. The van der Waals surface area contributed by atoms with Gasteiger partial charge in [-0.2, -0.15) is 5.10 Å². The molecule has 1 saturated carbocycles. The Morgan fingerprint density at radius 3 is 2.79 bits per heavy atom. The molecule has 0 unspecified atom stereocenters. The first-order valence-corrected chi connectivity index (χ1v) is 8.67. The van der Waals surface area contributed by atoms with Gasteiger partial charge in [-0.3, -0.25) is 9.48 Å². The first kappa shape index (κ1) is 15.6. The Kier molecular flexibility index (Phi) is 3.60. The number of rotatable bonds is 1. The molecule has 0 bridgehead atoms. The van der Waals surface area contributed by atoms with Crippen molar-refractivity contribution in [2.75, 3.05) is 26.3 Å². The predicted octanol–water partition coefficient (Wildman–Crippen LogP) is 2.23. The highest BCUT2D eigenvalue weighted by atomic mass is 16.5. The van der Waals surface area contributed by atoms with Crippen LogP contribution in [0, 0.1) is 19.3 Å². The Labute approximate surface area is 141 Å². The van der Waals surface area contributed by atoms with Gasteiger partial charge in [0.1, 0.15) is 0 Å². The molecule has 1 saturated heterocycles. The smallest absolute Gasteiger partial charge is 0.255 e. The maximum Gasteiger partial charge on any atom is 0.255 e. The molecule has 2 aliphatic rings. The second-order valence-electron chi connectivity index (χ2n) is 7.33. The maximum absolute atomic E-state index is 13.2. The van der Waals surface area contributed by atoms with E-state index < -0.39 is 0 Å². The molecule has 3 heterocycles. The van der Waals surface area contributed by atoms with E-state index in [0.717, 1.165) is 48.4 Å². The molecule has 0 N–H and O–H groups in total. The third kappa shape index (κ3) is 2.40. The second kappa shape index (κ2) is 5.55. The number of pyridine rings is 1. The van der Waals surface area contributed by atoms with Crippen LogP contribution in [-0.2, 0) is 11.8 Å². The summed E-state index contributed by atoms with van der Waals surface area (Å²) in [5, 5.41) is 5.37. The van der Waals surface area contributed by atoms with Gasteiger partial charge in [0.05, 0.1) is 30.2 Å². The topological polar surface area (TPSA) is 60.3 Å². The molecule has 4 rings (SSSR count). The molecule has 1 aliphatic carbocycles. The van der Waals surface area contributed by atoms with Crippen LogP contribution in [0.1, 0.15) is 41.0 Å². The fourth-order valence-electron chi connectivity index (χ4n) is 3.96. The molecule has 0 aromatic carbocycles. The number of amides is 1. The van der Waals surface area contributed by atoms with Crippen molar-refractivity contribution in [2.45, 2.75) is 33.1 Å². The zero-order valence-electron chi connectivity index (χ0n) is 14.6. The van der Waals surface area contributed by atoms with Crippen molar-refractivity contribution >= 4 is 16.9 Å². The second-order valence-corrected chi connectivity index (χ2v) is 7.33. The van der Waals surface area contributed by atoms with Crippen LogP contribution in [-0.4, -0.2) is 51.9 Å². The van der Waals surface area contributed by atoms with Crippen molar-refractivity contribution in [1.29, 1.82) is 0 Å². The van der Waals surface area contributed by atoms with Crippen LogP contribution in [0.25, 0.3) is 11.0 Å². The van der Waals surface area contributed by atoms with Gasteiger partial charge in [0.15, 0.2) is 5.65 Å². The van der Waals surface area contributed by atoms with Gasteiger partial charge < -0.3 is 9.64 Å². The van der Waals surface area contributed by atoms with Crippen LogP contribution in [0.4, 0.5) is 0 Å². The van der Waals surface area contributed by atoms with Gasteiger partial charge in [-0.05, 0) is 32.8 Å². The molecule has 2 aromatic rings. The summed E-state index contributed by atoms with van der Waals surface area (Å²) in [6.07, 6.45) is 3.57. The first-order chi connectivity index (χ1) is 11.5. The summed E-state index contributed by atoms with van der Waals surface area (Å²) in [4.78, 5) is 19.8. The van der Waals surface area contributed by atoms with Crippen LogP contribution in [0.3, 0.4) is 0 Å². The molecule has 24 heavy (non-hydrogen) atoms. The van der Waals surface area contributed by atoms with E-state index in [0.29, 0.717) is 18.7 Å². The summed E-state index contributed by atoms with van der Waals surface area (Å²) >= 11 is 0. The quantitative estimate of drug-likeness (QED) is 0.805. The molecule has 6 nitrogen and oxygen atoms in total. The molecule has 6 heteroatoms. The first-order valence-electron chi connectivity index (χ1n) is 8.67. The minimum Gasteiger partial charge on any atom is -0.379 e. The van der Waals surface area contributed by atoms with Crippen LogP contribution < -0.4 is 0 Å². The number of nitrogens with zero attached hydrogens (tertiary/aromatic N) is 4. The largest absolute Gasteiger partial charge is 0.379 e. The van der Waals surface area contributed by atoms with E-state index >= 15 is 0 Å². The molecule has 1 aliphatic heterocycles. The molecule has 2 aromatic heterocycles. The van der Waals surface area contributed by atoms with E-state index in [1.54, 1.807) is 4.68 Å². The number of aromatic nitrogens is 3. The van der Waals surface area contributed by atoms with E-state index in [2.05, 4.69) is 10.1 Å². The molecule has 1 amide bonds. The third-order valence-electron chi connectivity index (χ3n) is 5.56. The van der Waals surface area contributed by atoms with Gasteiger partial charge in [0, 0.05) is 30.9 Å². The van der Waals surface area contributed by atoms with Crippen molar-refractivity contribution in [3.8, 4) is 0 Å². The number of fused-ring (bicyclic) bond motifs is 1. The van der Waals surface area contributed by atoms with E-state index in [4.69, 9.17) is 4.74 Å². The summed E-state index contributed by atoms with van der Waals surface area (Å²) in [5.41, 5.74) is 3.38. The number of carbonyl (C=O) groups is 1.